The van der Waals surface area contributed by atoms with Crippen molar-refractivity contribution in [3.8, 4) is 11.4 Å². The smallest absolute Gasteiger partial charge is 0.227 e. The second-order valence-electron chi connectivity index (χ2n) is 4.55. The molecule has 3 aromatic rings. The highest BCUT2D eigenvalue weighted by molar-refractivity contribution is 7.14. The average Bonchev–Trinajstić information content (AvgIpc) is 3.05. The fraction of sp³-hybridized carbons (Fsp3) is 0.133. The van der Waals surface area contributed by atoms with Gasteiger partial charge >= 0.3 is 0 Å². The predicted octanol–water partition coefficient (Wildman–Crippen LogP) is 2.44. The Morgan fingerprint density at radius 2 is 1.87 bits per heavy atom. The van der Waals surface area contributed by atoms with Crippen LogP contribution in [-0.2, 0) is 4.79 Å². The summed E-state index contributed by atoms with van der Waals surface area (Å²) in [7, 11) is 0. The van der Waals surface area contributed by atoms with Gasteiger partial charge in [-0.3, -0.25) is 9.78 Å². The number of thiazole rings is 1. The lowest BCUT2D eigenvalue weighted by Crippen LogP contribution is -2.16. The number of hydrogen-bond acceptors (Lipinski definition) is 7. The number of nitrogens with one attached hydrogen (secondary N) is 2. The first kappa shape index (κ1) is 15.0. The molecule has 3 heterocycles. The number of carbonyl (C=O) groups is 1. The third kappa shape index (κ3) is 4.30. The first-order valence-electron chi connectivity index (χ1n) is 6.99. The van der Waals surface area contributed by atoms with E-state index in [-0.39, 0.29) is 5.91 Å². The van der Waals surface area contributed by atoms with E-state index in [1.54, 1.807) is 24.7 Å². The largest absolute Gasteiger partial charge is 0.354 e. The van der Waals surface area contributed by atoms with Crippen LogP contribution in [0.25, 0.3) is 11.4 Å². The molecular weight excluding hydrogens is 312 g/mol. The van der Waals surface area contributed by atoms with E-state index in [0.29, 0.717) is 24.0 Å². The number of amides is 1. The van der Waals surface area contributed by atoms with Crippen LogP contribution in [0, 0.1) is 0 Å². The minimum atomic E-state index is -0.115. The van der Waals surface area contributed by atoms with Gasteiger partial charge in [0.05, 0.1) is 5.69 Å². The molecular formula is C15H14N6OS. The van der Waals surface area contributed by atoms with E-state index >= 15 is 0 Å². The van der Waals surface area contributed by atoms with E-state index in [4.69, 9.17) is 0 Å². The van der Waals surface area contributed by atoms with Crippen molar-refractivity contribution in [3.63, 3.8) is 0 Å². The molecule has 0 aliphatic heterocycles. The molecule has 116 valence electrons. The maximum Gasteiger partial charge on any atom is 0.227 e. The van der Waals surface area contributed by atoms with E-state index in [1.807, 2.05) is 23.6 Å². The van der Waals surface area contributed by atoms with E-state index in [2.05, 4.69) is 30.6 Å². The van der Waals surface area contributed by atoms with Crippen LogP contribution in [0.15, 0.2) is 48.2 Å². The molecule has 0 bridgehead atoms. The van der Waals surface area contributed by atoms with Crippen LogP contribution >= 0.6 is 11.3 Å². The molecule has 0 aliphatic carbocycles. The molecule has 0 saturated carbocycles. The molecule has 0 radical (unpaired) electrons. The molecule has 23 heavy (non-hydrogen) atoms. The number of rotatable bonds is 6. The van der Waals surface area contributed by atoms with Gasteiger partial charge in [0.2, 0.25) is 11.9 Å². The summed E-state index contributed by atoms with van der Waals surface area (Å²) in [5.74, 6) is 0.391. The quantitative estimate of drug-likeness (QED) is 0.723. The number of pyridine rings is 1. The summed E-state index contributed by atoms with van der Waals surface area (Å²) in [6, 6.07) is 7.36. The summed E-state index contributed by atoms with van der Waals surface area (Å²) in [6.45, 7) is 0.453. The lowest BCUT2D eigenvalue weighted by atomic mass is 10.3. The SMILES string of the molecule is O=C(CCNc1ncccn1)Nc1nc(-c2ccccn2)cs1. The van der Waals surface area contributed by atoms with Gasteiger partial charge in [0, 0.05) is 36.9 Å². The van der Waals surface area contributed by atoms with Crippen molar-refractivity contribution in [2.75, 3.05) is 17.2 Å². The molecule has 7 nitrogen and oxygen atoms in total. The molecule has 8 heteroatoms. The molecule has 3 aromatic heterocycles. The van der Waals surface area contributed by atoms with E-state index in [1.165, 1.54) is 11.3 Å². The summed E-state index contributed by atoms with van der Waals surface area (Å²) in [4.78, 5) is 28.6. The Kier molecular flexibility index (Phi) is 4.85. The highest BCUT2D eigenvalue weighted by Crippen LogP contribution is 2.23. The molecule has 0 aliphatic rings. The van der Waals surface area contributed by atoms with Crippen LogP contribution in [0.5, 0.6) is 0 Å². The highest BCUT2D eigenvalue weighted by atomic mass is 32.1. The third-order valence-corrected chi connectivity index (χ3v) is 3.64. The van der Waals surface area contributed by atoms with Gasteiger partial charge in [-0.15, -0.1) is 11.3 Å². The van der Waals surface area contributed by atoms with E-state index in [9.17, 15) is 4.79 Å². The number of aromatic nitrogens is 4. The fourth-order valence-corrected chi connectivity index (χ4v) is 2.54. The first-order chi connectivity index (χ1) is 11.3. The predicted molar refractivity (Wildman–Crippen MR) is 89.1 cm³/mol. The van der Waals surface area contributed by atoms with Crippen molar-refractivity contribution in [2.45, 2.75) is 6.42 Å². The van der Waals surface area contributed by atoms with Crippen molar-refractivity contribution in [1.82, 2.24) is 19.9 Å². The number of carbonyl (C=O) groups excluding carboxylic acids is 1. The van der Waals surface area contributed by atoms with Gasteiger partial charge < -0.3 is 10.6 Å². The fourth-order valence-electron chi connectivity index (χ4n) is 1.82. The monoisotopic (exact) mass is 326 g/mol. The van der Waals surface area contributed by atoms with Crippen LogP contribution in [0.4, 0.5) is 11.1 Å². The zero-order valence-electron chi connectivity index (χ0n) is 12.1. The maximum atomic E-state index is 11.9. The van der Waals surface area contributed by atoms with Gasteiger partial charge in [-0.25, -0.2) is 15.0 Å². The minimum absolute atomic E-state index is 0.115. The Bertz CT molecular complexity index is 762. The lowest BCUT2D eigenvalue weighted by Gasteiger charge is -2.04. The Balaban J connectivity index is 1.49. The highest BCUT2D eigenvalue weighted by Gasteiger charge is 2.08. The van der Waals surface area contributed by atoms with Gasteiger partial charge in [0.25, 0.3) is 0 Å². The van der Waals surface area contributed by atoms with Gasteiger partial charge in [-0.05, 0) is 18.2 Å². The molecule has 2 N–H and O–H groups in total. The normalized spacial score (nSPS) is 10.3. The summed E-state index contributed by atoms with van der Waals surface area (Å²) < 4.78 is 0. The molecule has 0 atom stereocenters. The van der Waals surface area contributed by atoms with Crippen molar-refractivity contribution < 1.29 is 4.79 Å². The Labute approximate surface area is 136 Å². The Morgan fingerprint density at radius 1 is 1.04 bits per heavy atom. The molecule has 0 fully saturated rings. The Morgan fingerprint density at radius 3 is 2.65 bits per heavy atom. The van der Waals surface area contributed by atoms with Crippen LogP contribution in [-0.4, -0.2) is 32.4 Å². The maximum absolute atomic E-state index is 11.9. The van der Waals surface area contributed by atoms with Crippen molar-refractivity contribution in [2.24, 2.45) is 0 Å². The summed E-state index contributed by atoms with van der Waals surface area (Å²) >= 11 is 1.37. The van der Waals surface area contributed by atoms with Gasteiger partial charge in [0.15, 0.2) is 5.13 Å². The number of hydrogen-bond donors (Lipinski definition) is 2. The standard InChI is InChI=1S/C15H14N6OS/c22-13(5-9-19-14-17-7-3-8-18-14)21-15-20-12(10-23-15)11-4-1-2-6-16-11/h1-4,6-8,10H,5,9H2,(H,17,18,19)(H,20,21,22). The van der Waals surface area contributed by atoms with Gasteiger partial charge in [-0.2, -0.15) is 0 Å². The van der Waals surface area contributed by atoms with E-state index in [0.717, 1.165) is 11.4 Å². The summed E-state index contributed by atoms with van der Waals surface area (Å²) in [5.41, 5.74) is 1.54. The third-order valence-electron chi connectivity index (χ3n) is 2.88. The summed E-state index contributed by atoms with van der Waals surface area (Å²) in [6.07, 6.45) is 5.30. The Hall–Kier alpha value is -2.87. The van der Waals surface area contributed by atoms with E-state index < -0.39 is 0 Å². The minimum Gasteiger partial charge on any atom is -0.354 e. The molecule has 0 spiro atoms. The van der Waals surface area contributed by atoms with Crippen molar-refractivity contribution >= 4 is 28.3 Å². The van der Waals surface area contributed by atoms with Crippen LogP contribution < -0.4 is 10.6 Å². The first-order valence-corrected chi connectivity index (χ1v) is 7.87. The van der Waals surface area contributed by atoms with Crippen LogP contribution in [0.2, 0.25) is 0 Å². The molecule has 0 saturated heterocycles. The number of nitrogens with zero attached hydrogens (tertiary/aromatic N) is 4. The zero-order chi connectivity index (χ0) is 15.9. The van der Waals surface area contributed by atoms with Crippen LogP contribution in [0.3, 0.4) is 0 Å². The van der Waals surface area contributed by atoms with Gasteiger partial charge in [0.1, 0.15) is 5.69 Å². The second-order valence-corrected chi connectivity index (χ2v) is 5.41. The molecule has 1 amide bonds. The van der Waals surface area contributed by atoms with Gasteiger partial charge in [-0.1, -0.05) is 6.07 Å². The zero-order valence-corrected chi connectivity index (χ0v) is 13.0. The lowest BCUT2D eigenvalue weighted by molar-refractivity contribution is -0.115. The number of anilines is 2. The summed E-state index contributed by atoms with van der Waals surface area (Å²) in [5, 5.41) is 8.19. The average molecular weight is 326 g/mol. The molecule has 3 rings (SSSR count). The molecule has 0 aromatic carbocycles. The topological polar surface area (TPSA) is 92.7 Å². The second kappa shape index (κ2) is 7.41. The van der Waals surface area contributed by atoms with Crippen molar-refractivity contribution in [3.05, 3.63) is 48.2 Å². The van der Waals surface area contributed by atoms with Crippen molar-refractivity contribution in [1.29, 1.82) is 0 Å². The molecule has 0 unspecified atom stereocenters. The van der Waals surface area contributed by atoms with Crippen LogP contribution in [0.1, 0.15) is 6.42 Å².